The van der Waals surface area contributed by atoms with Gasteiger partial charge in [0, 0.05) is 6.54 Å². The molecule has 2 aromatic carbocycles. The lowest BCUT2D eigenvalue weighted by atomic mass is 10.1. The predicted octanol–water partition coefficient (Wildman–Crippen LogP) is 3.82. The molecule has 0 atom stereocenters. The summed E-state index contributed by atoms with van der Waals surface area (Å²) >= 11 is 11.9. The van der Waals surface area contributed by atoms with E-state index in [-0.39, 0.29) is 21.5 Å². The molecular formula is C15H15Cl2NO2S. The third kappa shape index (κ3) is 3.98. The van der Waals surface area contributed by atoms with Crippen LogP contribution in [-0.2, 0) is 16.4 Å². The first-order chi connectivity index (χ1) is 9.92. The van der Waals surface area contributed by atoms with Gasteiger partial charge in [-0.25, -0.2) is 13.1 Å². The van der Waals surface area contributed by atoms with E-state index in [1.165, 1.54) is 12.1 Å². The van der Waals surface area contributed by atoms with Crippen LogP contribution >= 0.6 is 23.2 Å². The van der Waals surface area contributed by atoms with Crippen molar-refractivity contribution in [2.45, 2.75) is 18.2 Å². The van der Waals surface area contributed by atoms with Gasteiger partial charge in [-0.15, -0.1) is 0 Å². The Morgan fingerprint density at radius 1 is 1.00 bits per heavy atom. The molecule has 0 aromatic heterocycles. The molecule has 3 nitrogen and oxygen atoms in total. The molecule has 0 saturated carbocycles. The summed E-state index contributed by atoms with van der Waals surface area (Å²) in [4.78, 5) is -0.0712. The molecular weight excluding hydrogens is 329 g/mol. The van der Waals surface area contributed by atoms with Crippen molar-refractivity contribution in [1.82, 2.24) is 4.72 Å². The molecule has 6 heteroatoms. The number of aryl methyl sites for hydroxylation is 1. The van der Waals surface area contributed by atoms with E-state index in [0.717, 1.165) is 11.1 Å². The Morgan fingerprint density at radius 3 is 2.24 bits per heavy atom. The highest BCUT2D eigenvalue weighted by molar-refractivity contribution is 7.89. The van der Waals surface area contributed by atoms with Gasteiger partial charge in [0.2, 0.25) is 10.0 Å². The Hall–Kier alpha value is -1.07. The van der Waals surface area contributed by atoms with Gasteiger partial charge < -0.3 is 0 Å². The van der Waals surface area contributed by atoms with E-state index in [1.54, 1.807) is 6.07 Å². The molecule has 0 bridgehead atoms. The minimum absolute atomic E-state index is 0.0712. The fourth-order valence-electron chi connectivity index (χ4n) is 2.02. The molecule has 0 fully saturated rings. The lowest BCUT2D eigenvalue weighted by Crippen LogP contribution is -2.26. The van der Waals surface area contributed by atoms with E-state index < -0.39 is 10.0 Å². The van der Waals surface area contributed by atoms with Crippen LogP contribution in [0.4, 0.5) is 0 Å². The molecule has 112 valence electrons. The van der Waals surface area contributed by atoms with Gasteiger partial charge in [-0.2, -0.15) is 0 Å². The van der Waals surface area contributed by atoms with E-state index >= 15 is 0 Å². The van der Waals surface area contributed by atoms with Crippen molar-refractivity contribution in [3.05, 3.63) is 63.6 Å². The van der Waals surface area contributed by atoms with Crippen LogP contribution in [0.5, 0.6) is 0 Å². The fourth-order valence-corrected chi connectivity index (χ4v) is 4.19. The number of hydrogen-bond acceptors (Lipinski definition) is 2. The van der Waals surface area contributed by atoms with Crippen molar-refractivity contribution in [3.63, 3.8) is 0 Å². The van der Waals surface area contributed by atoms with Crippen LogP contribution in [0.3, 0.4) is 0 Å². The molecule has 0 aliphatic carbocycles. The maximum absolute atomic E-state index is 12.3. The predicted molar refractivity (Wildman–Crippen MR) is 86.5 cm³/mol. The summed E-state index contributed by atoms with van der Waals surface area (Å²) in [5.74, 6) is 0. The van der Waals surface area contributed by atoms with Crippen LogP contribution < -0.4 is 4.72 Å². The first-order valence-corrected chi connectivity index (χ1v) is 8.64. The zero-order valence-electron chi connectivity index (χ0n) is 11.4. The number of benzene rings is 2. The monoisotopic (exact) mass is 343 g/mol. The number of nitrogens with one attached hydrogen (secondary N) is 1. The van der Waals surface area contributed by atoms with E-state index in [2.05, 4.69) is 4.72 Å². The molecule has 0 spiro atoms. The number of halogens is 2. The summed E-state index contributed by atoms with van der Waals surface area (Å²) in [6, 6.07) is 12.5. The van der Waals surface area contributed by atoms with Crippen LogP contribution in [0.15, 0.2) is 47.4 Å². The minimum atomic E-state index is -3.72. The van der Waals surface area contributed by atoms with E-state index in [4.69, 9.17) is 23.2 Å². The van der Waals surface area contributed by atoms with Crippen LogP contribution in [0.2, 0.25) is 10.0 Å². The molecule has 0 saturated heterocycles. The first-order valence-electron chi connectivity index (χ1n) is 6.40. The van der Waals surface area contributed by atoms with Gasteiger partial charge in [-0.05, 0) is 36.6 Å². The molecule has 0 amide bonds. The summed E-state index contributed by atoms with van der Waals surface area (Å²) in [7, 11) is -3.72. The lowest BCUT2D eigenvalue weighted by Gasteiger charge is -2.10. The van der Waals surface area contributed by atoms with Crippen molar-refractivity contribution in [2.24, 2.45) is 0 Å². The summed E-state index contributed by atoms with van der Waals surface area (Å²) in [6.07, 6.45) is 0.605. The molecule has 0 aliphatic rings. The zero-order valence-corrected chi connectivity index (χ0v) is 13.8. The van der Waals surface area contributed by atoms with Gasteiger partial charge in [0.05, 0.1) is 10.0 Å². The fraction of sp³-hybridized carbons (Fsp3) is 0.200. The Kier molecular flexibility index (Phi) is 5.27. The molecule has 0 heterocycles. The van der Waals surface area contributed by atoms with Crippen LogP contribution in [0, 0.1) is 6.92 Å². The quantitative estimate of drug-likeness (QED) is 0.896. The van der Waals surface area contributed by atoms with Gasteiger partial charge in [-0.3, -0.25) is 0 Å². The number of sulfonamides is 1. The standard InChI is InChI=1S/C15H15Cl2NO2S/c1-11-5-2-3-6-12(11)9-10-18-21(19,20)15-13(16)7-4-8-14(15)17/h2-8,18H,9-10H2,1H3. The average molecular weight is 344 g/mol. The summed E-state index contributed by atoms with van der Waals surface area (Å²) in [5, 5.41) is 0.233. The van der Waals surface area contributed by atoms with Gasteiger partial charge in [0.25, 0.3) is 0 Å². The number of rotatable bonds is 5. The van der Waals surface area contributed by atoms with Gasteiger partial charge in [0.15, 0.2) is 0 Å². The van der Waals surface area contributed by atoms with Crippen molar-refractivity contribution in [3.8, 4) is 0 Å². The van der Waals surface area contributed by atoms with Gasteiger partial charge in [-0.1, -0.05) is 53.5 Å². The Morgan fingerprint density at radius 2 is 1.62 bits per heavy atom. The second-order valence-electron chi connectivity index (χ2n) is 4.63. The highest BCUT2D eigenvalue weighted by atomic mass is 35.5. The van der Waals surface area contributed by atoms with E-state index in [0.29, 0.717) is 6.42 Å². The Labute approximate surface area is 135 Å². The van der Waals surface area contributed by atoms with Gasteiger partial charge >= 0.3 is 0 Å². The van der Waals surface area contributed by atoms with Crippen molar-refractivity contribution in [1.29, 1.82) is 0 Å². The first kappa shape index (κ1) is 16.3. The Balaban J connectivity index is 2.11. The van der Waals surface area contributed by atoms with Crippen molar-refractivity contribution < 1.29 is 8.42 Å². The maximum Gasteiger partial charge on any atom is 0.243 e. The third-order valence-electron chi connectivity index (χ3n) is 3.14. The molecule has 0 radical (unpaired) electrons. The third-order valence-corrected chi connectivity index (χ3v) is 5.55. The van der Waals surface area contributed by atoms with E-state index in [9.17, 15) is 8.42 Å². The average Bonchev–Trinajstić information content (AvgIpc) is 2.40. The Bertz CT molecular complexity index is 725. The second kappa shape index (κ2) is 6.79. The molecule has 2 aromatic rings. The summed E-state index contributed by atoms with van der Waals surface area (Å²) in [5.41, 5.74) is 2.23. The zero-order chi connectivity index (χ0) is 15.5. The largest absolute Gasteiger partial charge is 0.243 e. The highest BCUT2D eigenvalue weighted by Crippen LogP contribution is 2.28. The summed E-state index contributed by atoms with van der Waals surface area (Å²) in [6.45, 7) is 2.28. The smallest absolute Gasteiger partial charge is 0.211 e. The minimum Gasteiger partial charge on any atom is -0.211 e. The molecule has 2 rings (SSSR count). The van der Waals surface area contributed by atoms with Crippen molar-refractivity contribution in [2.75, 3.05) is 6.54 Å². The topological polar surface area (TPSA) is 46.2 Å². The summed E-state index contributed by atoms with van der Waals surface area (Å²) < 4.78 is 27.1. The second-order valence-corrected chi connectivity index (χ2v) is 7.14. The van der Waals surface area contributed by atoms with E-state index in [1.807, 2.05) is 31.2 Å². The van der Waals surface area contributed by atoms with Gasteiger partial charge in [0.1, 0.15) is 4.90 Å². The molecule has 1 N–H and O–H groups in total. The number of hydrogen-bond donors (Lipinski definition) is 1. The maximum atomic E-state index is 12.3. The van der Waals surface area contributed by atoms with Crippen LogP contribution in [0.1, 0.15) is 11.1 Å². The lowest BCUT2D eigenvalue weighted by molar-refractivity contribution is 0.581. The molecule has 21 heavy (non-hydrogen) atoms. The highest BCUT2D eigenvalue weighted by Gasteiger charge is 2.20. The van der Waals surface area contributed by atoms with Crippen LogP contribution in [-0.4, -0.2) is 15.0 Å². The van der Waals surface area contributed by atoms with Crippen molar-refractivity contribution >= 4 is 33.2 Å². The molecule has 0 unspecified atom stereocenters. The van der Waals surface area contributed by atoms with Crippen LogP contribution in [0.25, 0.3) is 0 Å². The SMILES string of the molecule is Cc1ccccc1CCNS(=O)(=O)c1c(Cl)cccc1Cl. The normalized spacial score (nSPS) is 11.6. The molecule has 0 aliphatic heterocycles.